The predicted molar refractivity (Wildman–Crippen MR) is 81.6 cm³/mol. The molecule has 0 aromatic heterocycles. The Kier molecular flexibility index (Phi) is 5.61. The maximum absolute atomic E-state index is 11.9. The van der Waals surface area contributed by atoms with Gasteiger partial charge in [0.05, 0.1) is 17.7 Å². The summed E-state index contributed by atoms with van der Waals surface area (Å²) in [4.78, 5) is 11.9. The highest BCUT2D eigenvalue weighted by Crippen LogP contribution is 2.21. The first-order valence-corrected chi connectivity index (χ1v) is 7.05. The van der Waals surface area contributed by atoms with Crippen LogP contribution in [0.5, 0.6) is 11.5 Å². The van der Waals surface area contributed by atoms with Gasteiger partial charge in [-0.3, -0.25) is 4.79 Å². The van der Waals surface area contributed by atoms with E-state index < -0.39 is 11.1 Å². The summed E-state index contributed by atoms with van der Waals surface area (Å²) in [7, 11) is 0. The summed E-state index contributed by atoms with van der Waals surface area (Å²) in [5.41, 5.74) is -1.77. The molecule has 118 valence electrons. The van der Waals surface area contributed by atoms with E-state index in [1.54, 1.807) is 52.0 Å². The number of carbonyl (C=O) groups excluding carboxylic acids is 1. The number of ether oxygens (including phenoxy) is 2. The minimum atomic E-state index is -1.03. The highest BCUT2D eigenvalue weighted by Gasteiger charge is 2.36. The number of carbonyl (C=O) groups is 1. The largest absolute Gasteiger partial charge is 0.494 e. The van der Waals surface area contributed by atoms with Crippen molar-refractivity contribution in [2.24, 2.45) is 0 Å². The van der Waals surface area contributed by atoms with Crippen molar-refractivity contribution < 1.29 is 19.4 Å². The molecule has 0 aliphatic heterocycles. The Morgan fingerprint density at radius 1 is 1.10 bits per heavy atom. The first kappa shape index (κ1) is 17.3. The van der Waals surface area contributed by atoms with Crippen LogP contribution in [0, 0.1) is 0 Å². The van der Waals surface area contributed by atoms with Crippen LogP contribution in [0.2, 0.25) is 0 Å². The fourth-order valence-corrected chi connectivity index (χ4v) is 1.49. The summed E-state index contributed by atoms with van der Waals surface area (Å²) < 4.78 is 10.7. The monoisotopic (exact) mass is 295 g/mol. The predicted octanol–water partition coefficient (Wildman–Crippen LogP) is 2.13. The average molecular weight is 295 g/mol. The molecule has 0 atom stereocenters. The third-order valence-electron chi connectivity index (χ3n) is 3.49. The van der Waals surface area contributed by atoms with E-state index in [9.17, 15) is 9.90 Å². The third kappa shape index (κ3) is 5.27. The Hall–Kier alpha value is -1.75. The van der Waals surface area contributed by atoms with Crippen LogP contribution in [0.4, 0.5) is 0 Å². The van der Waals surface area contributed by atoms with Crippen LogP contribution in [0.25, 0.3) is 0 Å². The van der Waals surface area contributed by atoms with E-state index in [0.29, 0.717) is 12.4 Å². The molecule has 0 spiro atoms. The van der Waals surface area contributed by atoms with Gasteiger partial charge in [-0.1, -0.05) is 0 Å². The lowest BCUT2D eigenvalue weighted by Crippen LogP contribution is -2.58. The van der Waals surface area contributed by atoms with Gasteiger partial charge in [0.25, 0.3) is 5.91 Å². The molecule has 5 heteroatoms. The first-order chi connectivity index (χ1) is 9.65. The second-order valence-corrected chi connectivity index (χ2v) is 5.93. The molecule has 0 fully saturated rings. The van der Waals surface area contributed by atoms with Crippen molar-refractivity contribution in [3.63, 3.8) is 0 Å². The summed E-state index contributed by atoms with van der Waals surface area (Å²) >= 11 is 0. The number of amides is 1. The van der Waals surface area contributed by atoms with Crippen molar-refractivity contribution in [2.75, 3.05) is 13.2 Å². The normalized spacial score (nSPS) is 11.9. The van der Waals surface area contributed by atoms with Crippen LogP contribution in [0.15, 0.2) is 24.3 Å². The van der Waals surface area contributed by atoms with Crippen molar-refractivity contribution in [1.29, 1.82) is 0 Å². The van der Waals surface area contributed by atoms with Gasteiger partial charge in [-0.05, 0) is 58.9 Å². The summed E-state index contributed by atoms with van der Waals surface area (Å²) in [5, 5.41) is 12.8. The van der Waals surface area contributed by atoms with Crippen molar-refractivity contribution in [3.05, 3.63) is 24.3 Å². The van der Waals surface area contributed by atoms with Crippen LogP contribution < -0.4 is 14.8 Å². The smallest absolute Gasteiger partial charge is 0.258 e. The van der Waals surface area contributed by atoms with Crippen molar-refractivity contribution in [1.82, 2.24) is 5.32 Å². The van der Waals surface area contributed by atoms with Crippen molar-refractivity contribution in [3.8, 4) is 11.5 Å². The van der Waals surface area contributed by atoms with Gasteiger partial charge in [-0.2, -0.15) is 0 Å². The van der Waals surface area contributed by atoms with Crippen LogP contribution in [-0.4, -0.2) is 35.4 Å². The maximum Gasteiger partial charge on any atom is 0.258 e. The molecule has 0 saturated heterocycles. The Morgan fingerprint density at radius 3 is 2.00 bits per heavy atom. The molecule has 1 aromatic rings. The van der Waals surface area contributed by atoms with Crippen LogP contribution in [-0.2, 0) is 4.79 Å². The average Bonchev–Trinajstić information content (AvgIpc) is 2.36. The number of aliphatic hydroxyl groups is 1. The van der Waals surface area contributed by atoms with E-state index in [1.807, 2.05) is 6.92 Å². The summed E-state index contributed by atoms with van der Waals surface area (Å²) in [6, 6.07) is 7.08. The highest BCUT2D eigenvalue weighted by atomic mass is 16.5. The zero-order valence-electron chi connectivity index (χ0n) is 13.4. The fourth-order valence-electron chi connectivity index (χ4n) is 1.49. The summed E-state index contributed by atoms with van der Waals surface area (Å²) in [5.74, 6) is 1.07. The van der Waals surface area contributed by atoms with Gasteiger partial charge in [0.2, 0.25) is 0 Å². The second kappa shape index (κ2) is 6.80. The Bertz CT molecular complexity index is 460. The second-order valence-electron chi connectivity index (χ2n) is 5.93. The third-order valence-corrected chi connectivity index (χ3v) is 3.49. The number of nitrogens with one attached hydrogen (secondary N) is 1. The van der Waals surface area contributed by atoms with Crippen LogP contribution in [0.1, 0.15) is 34.6 Å². The minimum absolute atomic E-state index is 0.104. The maximum atomic E-state index is 11.9. The molecule has 0 bridgehead atoms. The van der Waals surface area contributed by atoms with E-state index in [-0.39, 0.29) is 12.5 Å². The van der Waals surface area contributed by atoms with E-state index in [4.69, 9.17) is 9.47 Å². The number of benzene rings is 1. The molecule has 0 heterocycles. The van der Waals surface area contributed by atoms with Gasteiger partial charge in [0.15, 0.2) is 6.61 Å². The molecule has 5 nitrogen and oxygen atoms in total. The van der Waals surface area contributed by atoms with Gasteiger partial charge < -0.3 is 19.9 Å². The molecule has 0 aliphatic carbocycles. The highest BCUT2D eigenvalue weighted by molar-refractivity contribution is 5.78. The van der Waals surface area contributed by atoms with Gasteiger partial charge in [0.1, 0.15) is 11.5 Å². The molecule has 0 saturated carbocycles. The van der Waals surface area contributed by atoms with E-state index in [1.165, 1.54) is 0 Å². The Balaban J connectivity index is 2.50. The number of hydrogen-bond acceptors (Lipinski definition) is 4. The lowest BCUT2D eigenvalue weighted by Gasteiger charge is -2.37. The zero-order chi connectivity index (χ0) is 16.1. The lowest BCUT2D eigenvalue weighted by atomic mass is 9.86. The van der Waals surface area contributed by atoms with E-state index >= 15 is 0 Å². The van der Waals surface area contributed by atoms with Gasteiger partial charge in [-0.25, -0.2) is 0 Å². The molecule has 1 amide bonds. The fraction of sp³-hybridized carbons (Fsp3) is 0.562. The van der Waals surface area contributed by atoms with Gasteiger partial charge >= 0.3 is 0 Å². The van der Waals surface area contributed by atoms with Crippen LogP contribution >= 0.6 is 0 Å². The standard InChI is InChI=1S/C16H25NO4/c1-6-20-12-7-9-13(10-8-12)21-11-14(18)17-15(2,3)16(4,5)19/h7-10,19H,6,11H2,1-5H3,(H,17,18). The molecule has 1 rings (SSSR count). The van der Waals surface area contributed by atoms with Crippen LogP contribution in [0.3, 0.4) is 0 Å². The molecule has 2 N–H and O–H groups in total. The molecule has 0 unspecified atom stereocenters. The Labute approximate surface area is 126 Å². The molecular weight excluding hydrogens is 270 g/mol. The molecular formula is C16H25NO4. The van der Waals surface area contributed by atoms with E-state index in [0.717, 1.165) is 5.75 Å². The van der Waals surface area contributed by atoms with Crippen molar-refractivity contribution >= 4 is 5.91 Å². The molecule has 1 aromatic carbocycles. The number of hydrogen-bond donors (Lipinski definition) is 2. The SMILES string of the molecule is CCOc1ccc(OCC(=O)NC(C)(C)C(C)(C)O)cc1. The molecule has 21 heavy (non-hydrogen) atoms. The van der Waals surface area contributed by atoms with E-state index in [2.05, 4.69) is 5.32 Å². The summed E-state index contributed by atoms with van der Waals surface area (Å²) in [6.45, 7) is 9.26. The van der Waals surface area contributed by atoms with Gasteiger partial charge in [-0.15, -0.1) is 0 Å². The summed E-state index contributed by atoms with van der Waals surface area (Å²) in [6.07, 6.45) is 0. The Morgan fingerprint density at radius 2 is 1.57 bits per heavy atom. The van der Waals surface area contributed by atoms with Gasteiger partial charge in [0, 0.05) is 0 Å². The molecule has 0 radical (unpaired) electrons. The zero-order valence-corrected chi connectivity index (χ0v) is 13.4. The lowest BCUT2D eigenvalue weighted by molar-refractivity contribution is -0.128. The number of rotatable bonds is 7. The first-order valence-electron chi connectivity index (χ1n) is 7.05. The molecule has 0 aliphatic rings. The topological polar surface area (TPSA) is 67.8 Å². The quantitative estimate of drug-likeness (QED) is 0.808. The van der Waals surface area contributed by atoms with Crippen molar-refractivity contribution in [2.45, 2.75) is 45.8 Å². The minimum Gasteiger partial charge on any atom is -0.494 e.